The van der Waals surface area contributed by atoms with Gasteiger partial charge in [0.1, 0.15) is 11.5 Å². The van der Waals surface area contributed by atoms with Crippen LogP contribution >= 0.6 is 0 Å². The molecule has 2 N–H and O–H groups in total. The molecule has 6 nitrogen and oxygen atoms in total. The number of halogens is 1. The number of pyridine rings is 1. The zero-order chi connectivity index (χ0) is 24.8. The van der Waals surface area contributed by atoms with Crippen LogP contribution < -0.4 is 10.6 Å². The highest BCUT2D eigenvalue weighted by atomic mass is 19.1. The van der Waals surface area contributed by atoms with Gasteiger partial charge in [0.2, 0.25) is 5.91 Å². The average Bonchev–Trinajstić information content (AvgIpc) is 3.17. The van der Waals surface area contributed by atoms with Gasteiger partial charge < -0.3 is 15.2 Å². The lowest BCUT2D eigenvalue weighted by atomic mass is 10.1. The number of nitrogens with zero attached hydrogens (tertiary/aromatic N) is 2. The molecular weight excluding hydrogens is 443 g/mol. The zero-order valence-electron chi connectivity index (χ0n) is 19.9. The lowest BCUT2D eigenvalue weighted by Gasteiger charge is -2.12. The molecule has 0 atom stereocenters. The molecule has 2 aromatic carbocycles. The van der Waals surface area contributed by atoms with Gasteiger partial charge in [0.15, 0.2) is 0 Å². The van der Waals surface area contributed by atoms with E-state index in [9.17, 15) is 14.0 Å². The molecule has 0 aliphatic heterocycles. The number of fused-ring (bicyclic) bond motifs is 1. The topological polar surface area (TPSA) is 76.0 Å². The summed E-state index contributed by atoms with van der Waals surface area (Å²) in [5, 5.41) is 6.72. The molecule has 35 heavy (non-hydrogen) atoms. The molecule has 2 heterocycles. The molecule has 7 heteroatoms. The van der Waals surface area contributed by atoms with Crippen LogP contribution in [0, 0.1) is 11.7 Å². The molecule has 0 aliphatic carbocycles. The van der Waals surface area contributed by atoms with E-state index in [0.717, 1.165) is 22.2 Å². The van der Waals surface area contributed by atoms with Crippen molar-refractivity contribution in [3.8, 4) is 0 Å². The maximum atomic E-state index is 13.8. The van der Waals surface area contributed by atoms with Crippen LogP contribution in [0.1, 0.15) is 42.0 Å². The Bertz CT molecular complexity index is 1330. The summed E-state index contributed by atoms with van der Waals surface area (Å²) in [7, 11) is 0. The van der Waals surface area contributed by atoms with Gasteiger partial charge in [-0.3, -0.25) is 14.6 Å². The van der Waals surface area contributed by atoms with Gasteiger partial charge >= 0.3 is 0 Å². The van der Waals surface area contributed by atoms with E-state index in [1.807, 2.05) is 66.9 Å². The first-order chi connectivity index (χ1) is 16.9. The molecule has 4 aromatic rings. The van der Waals surface area contributed by atoms with Gasteiger partial charge in [-0.25, -0.2) is 4.39 Å². The maximum Gasteiger partial charge on any atom is 0.267 e. The van der Waals surface area contributed by atoms with Crippen molar-refractivity contribution in [2.45, 2.75) is 33.2 Å². The molecule has 0 spiro atoms. The summed E-state index contributed by atoms with van der Waals surface area (Å²) in [5.41, 5.74) is 3.62. The molecule has 2 aromatic heterocycles. The van der Waals surface area contributed by atoms with Gasteiger partial charge in [-0.2, -0.15) is 0 Å². The van der Waals surface area contributed by atoms with Crippen LogP contribution in [0.15, 0.2) is 72.9 Å². The third-order valence-corrected chi connectivity index (χ3v) is 5.63. The van der Waals surface area contributed by atoms with Crippen molar-refractivity contribution in [2.75, 3.05) is 11.9 Å². The van der Waals surface area contributed by atoms with Gasteiger partial charge in [-0.15, -0.1) is 0 Å². The molecule has 0 radical (unpaired) electrons. The molecule has 0 saturated heterocycles. The van der Waals surface area contributed by atoms with Crippen molar-refractivity contribution in [2.24, 2.45) is 5.92 Å². The van der Waals surface area contributed by atoms with Crippen LogP contribution in [0.5, 0.6) is 0 Å². The molecule has 180 valence electrons. The fourth-order valence-electron chi connectivity index (χ4n) is 4.05. The number of nitrogens with one attached hydrogen (secondary N) is 2. The third kappa shape index (κ3) is 6.32. The second kappa shape index (κ2) is 11.0. The summed E-state index contributed by atoms with van der Waals surface area (Å²) in [6.07, 6.45) is 2.77. The lowest BCUT2D eigenvalue weighted by molar-refractivity contribution is -0.116. The summed E-state index contributed by atoms with van der Waals surface area (Å²) in [6, 6.07) is 19.4. The number of hydrogen-bond donors (Lipinski definition) is 2. The number of carbonyl (C=O) groups is 2. The number of carbonyl (C=O) groups excluding carboxylic acids is 2. The predicted molar refractivity (Wildman–Crippen MR) is 136 cm³/mol. The fourth-order valence-corrected chi connectivity index (χ4v) is 4.05. The van der Waals surface area contributed by atoms with Crippen LogP contribution in [0.2, 0.25) is 0 Å². The smallest absolute Gasteiger partial charge is 0.267 e. The van der Waals surface area contributed by atoms with Crippen LogP contribution in [0.4, 0.5) is 10.1 Å². The summed E-state index contributed by atoms with van der Waals surface area (Å²) < 4.78 is 15.7. The first kappa shape index (κ1) is 24.1. The second-order valence-corrected chi connectivity index (χ2v) is 8.99. The van der Waals surface area contributed by atoms with E-state index in [-0.39, 0.29) is 23.5 Å². The summed E-state index contributed by atoms with van der Waals surface area (Å²) >= 11 is 0. The number of benzene rings is 2. The molecule has 0 aliphatic rings. The Hall–Kier alpha value is -4.00. The minimum Gasteiger partial charge on any atom is -0.350 e. The highest BCUT2D eigenvalue weighted by Crippen LogP contribution is 2.25. The lowest BCUT2D eigenvalue weighted by Crippen LogP contribution is -2.28. The molecule has 0 bridgehead atoms. The quantitative estimate of drug-likeness (QED) is 0.352. The predicted octanol–water partition coefficient (Wildman–Crippen LogP) is 5.18. The van der Waals surface area contributed by atoms with Crippen molar-refractivity contribution in [3.63, 3.8) is 0 Å². The number of aromatic nitrogens is 2. The number of rotatable bonds is 9. The molecule has 4 rings (SSSR count). The van der Waals surface area contributed by atoms with E-state index in [0.29, 0.717) is 37.3 Å². The Morgan fingerprint density at radius 1 is 1.03 bits per heavy atom. The fraction of sp³-hybridized carbons (Fsp3) is 0.250. The van der Waals surface area contributed by atoms with Crippen molar-refractivity contribution in [1.82, 2.24) is 14.9 Å². The molecule has 0 saturated carbocycles. The number of hydrogen-bond acceptors (Lipinski definition) is 3. The Kier molecular flexibility index (Phi) is 7.55. The minimum atomic E-state index is -0.324. The van der Waals surface area contributed by atoms with Gasteiger partial charge in [0.25, 0.3) is 5.91 Å². The van der Waals surface area contributed by atoms with Crippen molar-refractivity contribution in [3.05, 3.63) is 95.7 Å². The van der Waals surface area contributed by atoms with Crippen molar-refractivity contribution < 1.29 is 14.0 Å². The van der Waals surface area contributed by atoms with E-state index in [4.69, 9.17) is 0 Å². The van der Waals surface area contributed by atoms with Gasteiger partial charge in [-0.05, 0) is 60.0 Å². The second-order valence-electron chi connectivity index (χ2n) is 8.99. The highest BCUT2D eigenvalue weighted by Gasteiger charge is 2.17. The highest BCUT2D eigenvalue weighted by molar-refractivity contribution is 6.00. The van der Waals surface area contributed by atoms with Gasteiger partial charge in [0, 0.05) is 54.4 Å². The van der Waals surface area contributed by atoms with E-state index >= 15 is 0 Å². The summed E-state index contributed by atoms with van der Waals surface area (Å²) in [4.78, 5) is 29.7. The van der Waals surface area contributed by atoms with Gasteiger partial charge in [-0.1, -0.05) is 32.0 Å². The van der Waals surface area contributed by atoms with Crippen molar-refractivity contribution >= 4 is 28.4 Å². The van der Waals surface area contributed by atoms with E-state index < -0.39 is 0 Å². The molecule has 0 fully saturated rings. The maximum absolute atomic E-state index is 13.8. The van der Waals surface area contributed by atoms with Crippen LogP contribution in [-0.4, -0.2) is 27.9 Å². The monoisotopic (exact) mass is 472 g/mol. The van der Waals surface area contributed by atoms with Crippen LogP contribution in [-0.2, 0) is 17.8 Å². The largest absolute Gasteiger partial charge is 0.350 e. The molecular formula is C28H29FN4O2. The Labute approximate surface area is 204 Å². The van der Waals surface area contributed by atoms with E-state index in [1.54, 1.807) is 12.3 Å². The first-order valence-corrected chi connectivity index (χ1v) is 11.7. The minimum absolute atomic E-state index is 0.0500. The Balaban J connectivity index is 1.61. The summed E-state index contributed by atoms with van der Waals surface area (Å²) in [5.74, 6) is -0.340. The van der Waals surface area contributed by atoms with Crippen LogP contribution in [0.25, 0.3) is 10.9 Å². The van der Waals surface area contributed by atoms with E-state index in [1.165, 1.54) is 12.1 Å². The average molecular weight is 473 g/mol. The first-order valence-electron chi connectivity index (χ1n) is 11.7. The normalized spacial score (nSPS) is 11.1. The Morgan fingerprint density at radius 3 is 2.63 bits per heavy atom. The Morgan fingerprint density at radius 2 is 1.89 bits per heavy atom. The van der Waals surface area contributed by atoms with Crippen LogP contribution in [0.3, 0.4) is 0 Å². The third-order valence-electron chi connectivity index (χ3n) is 5.63. The van der Waals surface area contributed by atoms with Crippen molar-refractivity contribution in [1.29, 1.82) is 0 Å². The van der Waals surface area contributed by atoms with Gasteiger partial charge in [0.05, 0.1) is 0 Å². The number of amides is 2. The van der Waals surface area contributed by atoms with E-state index in [2.05, 4.69) is 15.6 Å². The molecule has 2 amide bonds. The molecule has 0 unspecified atom stereocenters. The standard InChI is InChI=1S/C28H29FN4O2/c1-19(2)14-27(34)32-24-9-10-25-21(16-24)17-26(33(25)18-20-6-5-7-22(29)15-20)28(35)31-13-11-23-8-3-4-12-30-23/h3-10,12,15-17,19H,11,13-14,18H2,1-2H3,(H,31,35)(H,32,34). The zero-order valence-corrected chi connectivity index (χ0v) is 19.9. The SMILES string of the molecule is CC(C)CC(=O)Nc1ccc2c(c1)cc(C(=O)NCCc1ccccn1)n2Cc1cccc(F)c1. The summed E-state index contributed by atoms with van der Waals surface area (Å²) in [6.45, 7) is 4.76. The number of anilines is 1.